The van der Waals surface area contributed by atoms with E-state index in [-0.39, 0.29) is 0 Å². The SMILES string of the molecule is N#CCCSc1ccc2c(c1)OCO2. The number of hydrogen-bond acceptors (Lipinski definition) is 4. The quantitative estimate of drug-likeness (QED) is 0.564. The van der Waals surface area contributed by atoms with Gasteiger partial charge < -0.3 is 9.47 Å². The van der Waals surface area contributed by atoms with Crippen LogP contribution in [0.25, 0.3) is 0 Å². The van der Waals surface area contributed by atoms with E-state index in [1.54, 1.807) is 11.8 Å². The van der Waals surface area contributed by atoms with Crippen LogP contribution >= 0.6 is 11.8 Å². The van der Waals surface area contributed by atoms with Crippen LogP contribution in [0, 0.1) is 11.3 Å². The summed E-state index contributed by atoms with van der Waals surface area (Å²) in [4.78, 5) is 1.12. The Kier molecular flexibility index (Phi) is 2.80. The largest absolute Gasteiger partial charge is 0.454 e. The Morgan fingerprint density at radius 1 is 1.36 bits per heavy atom. The van der Waals surface area contributed by atoms with Crippen LogP contribution in [0.5, 0.6) is 11.5 Å². The first-order chi connectivity index (χ1) is 6.90. The van der Waals surface area contributed by atoms with Gasteiger partial charge in [-0.15, -0.1) is 11.8 Å². The third kappa shape index (κ3) is 1.94. The number of thioether (sulfide) groups is 1. The maximum Gasteiger partial charge on any atom is 0.231 e. The number of rotatable bonds is 3. The topological polar surface area (TPSA) is 42.2 Å². The van der Waals surface area contributed by atoms with E-state index in [9.17, 15) is 0 Å². The molecule has 3 nitrogen and oxygen atoms in total. The molecule has 72 valence electrons. The first kappa shape index (κ1) is 9.22. The average Bonchev–Trinajstić information content (AvgIpc) is 2.65. The lowest BCUT2D eigenvalue weighted by atomic mass is 10.3. The highest BCUT2D eigenvalue weighted by atomic mass is 32.2. The van der Waals surface area contributed by atoms with Crippen LogP contribution in [0.3, 0.4) is 0 Å². The van der Waals surface area contributed by atoms with Crippen LogP contribution in [0.4, 0.5) is 0 Å². The molecule has 1 aliphatic rings. The highest BCUT2D eigenvalue weighted by Gasteiger charge is 2.12. The van der Waals surface area contributed by atoms with Crippen molar-refractivity contribution in [1.82, 2.24) is 0 Å². The predicted molar refractivity (Wildman–Crippen MR) is 53.5 cm³/mol. The van der Waals surface area contributed by atoms with Crippen molar-refractivity contribution < 1.29 is 9.47 Å². The molecule has 4 heteroatoms. The summed E-state index contributed by atoms with van der Waals surface area (Å²) in [6.07, 6.45) is 0.569. The fourth-order valence-electron chi connectivity index (χ4n) is 1.18. The zero-order chi connectivity index (χ0) is 9.80. The van der Waals surface area contributed by atoms with E-state index in [1.807, 2.05) is 18.2 Å². The van der Waals surface area contributed by atoms with Crippen LogP contribution in [0.1, 0.15) is 6.42 Å². The number of hydrogen-bond donors (Lipinski definition) is 0. The molecule has 0 atom stereocenters. The summed E-state index contributed by atoms with van der Waals surface area (Å²) in [7, 11) is 0. The summed E-state index contributed by atoms with van der Waals surface area (Å²) < 4.78 is 10.4. The van der Waals surface area contributed by atoms with Crippen molar-refractivity contribution in [3.63, 3.8) is 0 Å². The van der Waals surface area contributed by atoms with Gasteiger partial charge in [0, 0.05) is 17.1 Å². The molecule has 14 heavy (non-hydrogen) atoms. The van der Waals surface area contributed by atoms with Gasteiger partial charge in [0.05, 0.1) is 6.07 Å². The van der Waals surface area contributed by atoms with Crippen molar-refractivity contribution >= 4 is 11.8 Å². The third-order valence-electron chi connectivity index (χ3n) is 1.83. The molecule has 2 rings (SSSR count). The van der Waals surface area contributed by atoms with Gasteiger partial charge in [-0.25, -0.2) is 0 Å². The minimum atomic E-state index is 0.307. The van der Waals surface area contributed by atoms with E-state index in [0.717, 1.165) is 22.1 Å². The molecule has 1 aromatic carbocycles. The van der Waals surface area contributed by atoms with Gasteiger partial charge in [-0.05, 0) is 18.2 Å². The highest BCUT2D eigenvalue weighted by molar-refractivity contribution is 7.99. The van der Waals surface area contributed by atoms with Crippen LogP contribution in [-0.4, -0.2) is 12.5 Å². The van der Waals surface area contributed by atoms with Gasteiger partial charge >= 0.3 is 0 Å². The summed E-state index contributed by atoms with van der Waals surface area (Å²) in [6, 6.07) is 7.94. The van der Waals surface area contributed by atoms with E-state index in [4.69, 9.17) is 14.7 Å². The Hall–Kier alpha value is -1.34. The number of nitriles is 1. The van der Waals surface area contributed by atoms with Crippen molar-refractivity contribution in [3.8, 4) is 17.6 Å². The van der Waals surface area contributed by atoms with Gasteiger partial charge in [-0.1, -0.05) is 0 Å². The molecular formula is C10H9NO2S. The summed E-state index contributed by atoms with van der Waals surface area (Å²) in [5.41, 5.74) is 0. The molecule has 0 saturated heterocycles. The number of nitrogens with zero attached hydrogens (tertiary/aromatic N) is 1. The predicted octanol–water partition coefficient (Wildman–Crippen LogP) is 2.42. The monoisotopic (exact) mass is 207 g/mol. The lowest BCUT2D eigenvalue weighted by Gasteiger charge is -2.00. The van der Waals surface area contributed by atoms with Crippen LogP contribution in [0.2, 0.25) is 0 Å². The summed E-state index contributed by atoms with van der Waals surface area (Å²) in [6.45, 7) is 0.307. The summed E-state index contributed by atoms with van der Waals surface area (Å²) >= 11 is 1.65. The lowest BCUT2D eigenvalue weighted by molar-refractivity contribution is 0.174. The van der Waals surface area contributed by atoms with Gasteiger partial charge in [-0.3, -0.25) is 0 Å². The average molecular weight is 207 g/mol. The Morgan fingerprint density at radius 3 is 3.07 bits per heavy atom. The van der Waals surface area contributed by atoms with E-state index in [1.165, 1.54) is 0 Å². The molecule has 1 aliphatic heterocycles. The molecule has 0 saturated carbocycles. The molecule has 0 radical (unpaired) electrons. The molecule has 0 amide bonds. The second-order valence-electron chi connectivity index (χ2n) is 2.77. The zero-order valence-electron chi connectivity index (χ0n) is 7.53. The minimum Gasteiger partial charge on any atom is -0.454 e. The zero-order valence-corrected chi connectivity index (χ0v) is 8.34. The molecular weight excluding hydrogens is 198 g/mol. The van der Waals surface area contributed by atoms with Gasteiger partial charge in [0.2, 0.25) is 6.79 Å². The van der Waals surface area contributed by atoms with Gasteiger partial charge in [-0.2, -0.15) is 5.26 Å². The standard InChI is InChI=1S/C10H9NO2S/c11-4-1-5-14-8-2-3-9-10(6-8)13-7-12-9/h2-3,6H,1,5,7H2. The van der Waals surface area contributed by atoms with Crippen LogP contribution < -0.4 is 9.47 Å². The molecule has 0 unspecified atom stereocenters. The van der Waals surface area contributed by atoms with Crippen molar-refractivity contribution in [3.05, 3.63) is 18.2 Å². The normalized spacial score (nSPS) is 12.5. The smallest absolute Gasteiger partial charge is 0.231 e. The highest BCUT2D eigenvalue weighted by Crippen LogP contribution is 2.35. The minimum absolute atomic E-state index is 0.307. The Balaban J connectivity index is 2.02. The van der Waals surface area contributed by atoms with Crippen molar-refractivity contribution in [2.45, 2.75) is 11.3 Å². The molecule has 0 N–H and O–H groups in total. The van der Waals surface area contributed by atoms with Crippen molar-refractivity contribution in [2.75, 3.05) is 12.5 Å². The van der Waals surface area contributed by atoms with E-state index >= 15 is 0 Å². The van der Waals surface area contributed by atoms with Crippen molar-refractivity contribution in [2.24, 2.45) is 0 Å². The Labute approximate surface area is 86.6 Å². The van der Waals surface area contributed by atoms with Gasteiger partial charge in [0.1, 0.15) is 0 Å². The number of benzene rings is 1. The van der Waals surface area contributed by atoms with E-state index in [2.05, 4.69) is 6.07 Å². The van der Waals surface area contributed by atoms with Crippen molar-refractivity contribution in [1.29, 1.82) is 5.26 Å². The second kappa shape index (κ2) is 4.25. The van der Waals surface area contributed by atoms with Crippen LogP contribution in [-0.2, 0) is 0 Å². The molecule has 0 spiro atoms. The second-order valence-corrected chi connectivity index (χ2v) is 3.94. The summed E-state index contributed by atoms with van der Waals surface area (Å²) in [5.74, 6) is 2.41. The molecule has 0 fully saturated rings. The molecule has 0 bridgehead atoms. The van der Waals surface area contributed by atoms with Crippen LogP contribution in [0.15, 0.2) is 23.1 Å². The van der Waals surface area contributed by atoms with E-state index < -0.39 is 0 Å². The number of fused-ring (bicyclic) bond motifs is 1. The fraction of sp³-hybridized carbons (Fsp3) is 0.300. The van der Waals surface area contributed by atoms with E-state index in [0.29, 0.717) is 13.2 Å². The first-order valence-electron chi connectivity index (χ1n) is 4.29. The first-order valence-corrected chi connectivity index (χ1v) is 5.28. The fourth-order valence-corrected chi connectivity index (χ4v) is 1.96. The Bertz CT molecular complexity index is 373. The van der Waals surface area contributed by atoms with Gasteiger partial charge in [0.25, 0.3) is 0 Å². The maximum atomic E-state index is 8.39. The third-order valence-corrected chi connectivity index (χ3v) is 2.82. The molecule has 0 aromatic heterocycles. The maximum absolute atomic E-state index is 8.39. The van der Waals surface area contributed by atoms with Gasteiger partial charge in [0.15, 0.2) is 11.5 Å². The number of ether oxygens (including phenoxy) is 2. The Morgan fingerprint density at radius 2 is 2.21 bits per heavy atom. The lowest BCUT2D eigenvalue weighted by Crippen LogP contribution is -1.92. The summed E-state index contributed by atoms with van der Waals surface area (Å²) in [5, 5.41) is 8.39. The molecule has 1 heterocycles. The molecule has 1 aromatic rings. The molecule has 0 aliphatic carbocycles.